The highest BCUT2D eigenvalue weighted by Gasteiger charge is 2.21. The summed E-state index contributed by atoms with van der Waals surface area (Å²) in [5.41, 5.74) is 1.94. The number of para-hydroxylation sites is 2. The summed E-state index contributed by atoms with van der Waals surface area (Å²) in [5.74, 6) is 1.40. The number of amides is 1. The van der Waals surface area contributed by atoms with Gasteiger partial charge in [-0.1, -0.05) is 37.1 Å². The maximum absolute atomic E-state index is 12.5. The average Bonchev–Trinajstić information content (AvgIpc) is 3.01. The Balaban J connectivity index is 1.27. The van der Waals surface area contributed by atoms with E-state index in [9.17, 15) is 4.79 Å². The third-order valence-corrected chi connectivity index (χ3v) is 5.38. The van der Waals surface area contributed by atoms with Crippen LogP contribution < -0.4 is 14.8 Å². The zero-order valence-electron chi connectivity index (χ0n) is 16.2. The molecule has 5 heteroatoms. The number of fused-ring (bicyclic) bond motifs is 1. The number of benzene rings is 2. The van der Waals surface area contributed by atoms with Crippen LogP contribution in [-0.4, -0.2) is 43.2 Å². The Morgan fingerprint density at radius 3 is 2.43 bits per heavy atom. The van der Waals surface area contributed by atoms with Crippen LogP contribution in [0, 0.1) is 0 Å². The molecule has 1 unspecified atom stereocenters. The van der Waals surface area contributed by atoms with Crippen LogP contribution in [0.15, 0.2) is 48.5 Å². The van der Waals surface area contributed by atoms with Crippen LogP contribution in [0.3, 0.4) is 0 Å². The minimum atomic E-state index is -0.179. The standard InChI is InChI=1S/C23H28N2O3/c26-23(24-15-20-17-27-21-7-3-4-8-22(21)28-20)19-11-9-18(10-12-19)16-25-13-5-1-2-6-14-25/h3-4,7-12,20H,1-2,5-6,13-17H2,(H,24,26). The summed E-state index contributed by atoms with van der Waals surface area (Å²) in [7, 11) is 0. The molecular formula is C23H28N2O3. The van der Waals surface area contributed by atoms with Gasteiger partial charge in [-0.2, -0.15) is 0 Å². The van der Waals surface area contributed by atoms with Gasteiger partial charge in [-0.05, 0) is 55.8 Å². The highest BCUT2D eigenvalue weighted by Crippen LogP contribution is 2.30. The van der Waals surface area contributed by atoms with Crippen molar-refractivity contribution in [2.45, 2.75) is 38.3 Å². The average molecular weight is 380 g/mol. The van der Waals surface area contributed by atoms with Crippen LogP contribution in [0.5, 0.6) is 11.5 Å². The van der Waals surface area contributed by atoms with Gasteiger partial charge in [-0.3, -0.25) is 9.69 Å². The van der Waals surface area contributed by atoms with E-state index in [1.807, 2.05) is 36.4 Å². The van der Waals surface area contributed by atoms with Crippen LogP contribution in [-0.2, 0) is 6.54 Å². The first kappa shape index (κ1) is 18.8. The van der Waals surface area contributed by atoms with Crippen molar-refractivity contribution >= 4 is 5.91 Å². The quantitative estimate of drug-likeness (QED) is 0.861. The Bertz CT molecular complexity index is 783. The molecule has 1 atom stereocenters. The molecule has 2 heterocycles. The van der Waals surface area contributed by atoms with Crippen molar-refractivity contribution in [3.05, 3.63) is 59.7 Å². The fraction of sp³-hybridized carbons (Fsp3) is 0.435. The first-order chi connectivity index (χ1) is 13.8. The smallest absolute Gasteiger partial charge is 0.251 e. The number of nitrogens with one attached hydrogen (secondary N) is 1. The lowest BCUT2D eigenvalue weighted by molar-refractivity contribution is 0.0789. The predicted octanol–water partition coefficient (Wildman–Crippen LogP) is 3.63. The molecule has 0 spiro atoms. The van der Waals surface area contributed by atoms with Gasteiger partial charge in [0.25, 0.3) is 5.91 Å². The number of nitrogens with zero attached hydrogens (tertiary/aromatic N) is 1. The second kappa shape index (κ2) is 9.11. The second-order valence-corrected chi connectivity index (χ2v) is 7.59. The Morgan fingerprint density at radius 2 is 1.68 bits per heavy atom. The molecule has 2 aromatic carbocycles. The molecule has 1 amide bonds. The predicted molar refractivity (Wildman–Crippen MR) is 109 cm³/mol. The van der Waals surface area contributed by atoms with Crippen LogP contribution in [0.2, 0.25) is 0 Å². The summed E-state index contributed by atoms with van der Waals surface area (Å²) in [6.45, 7) is 4.17. The number of hydrogen-bond donors (Lipinski definition) is 1. The van der Waals surface area contributed by atoms with Gasteiger partial charge >= 0.3 is 0 Å². The molecule has 28 heavy (non-hydrogen) atoms. The molecule has 0 aliphatic carbocycles. The molecule has 0 radical (unpaired) electrons. The van der Waals surface area contributed by atoms with Gasteiger partial charge < -0.3 is 14.8 Å². The van der Waals surface area contributed by atoms with E-state index in [1.54, 1.807) is 0 Å². The molecule has 0 bridgehead atoms. The van der Waals surface area contributed by atoms with Crippen molar-refractivity contribution < 1.29 is 14.3 Å². The minimum Gasteiger partial charge on any atom is -0.486 e. The molecule has 5 nitrogen and oxygen atoms in total. The highest BCUT2D eigenvalue weighted by molar-refractivity contribution is 5.94. The molecule has 2 aliphatic heterocycles. The lowest BCUT2D eigenvalue weighted by atomic mass is 10.1. The van der Waals surface area contributed by atoms with Crippen LogP contribution in [0.4, 0.5) is 0 Å². The Kier molecular flexibility index (Phi) is 6.12. The maximum atomic E-state index is 12.5. The summed E-state index contributed by atoms with van der Waals surface area (Å²) in [4.78, 5) is 15.0. The number of hydrogen-bond acceptors (Lipinski definition) is 4. The van der Waals surface area contributed by atoms with Gasteiger partial charge in [0.15, 0.2) is 11.5 Å². The molecule has 1 fully saturated rings. The summed E-state index contributed by atoms with van der Waals surface area (Å²) >= 11 is 0. The maximum Gasteiger partial charge on any atom is 0.251 e. The molecular weight excluding hydrogens is 352 g/mol. The van der Waals surface area contributed by atoms with Gasteiger partial charge in [0.05, 0.1) is 6.54 Å². The summed E-state index contributed by atoms with van der Waals surface area (Å²) in [6, 6.07) is 15.6. The molecule has 1 N–H and O–H groups in total. The largest absolute Gasteiger partial charge is 0.486 e. The lowest BCUT2D eigenvalue weighted by Gasteiger charge is -2.26. The Morgan fingerprint density at radius 1 is 0.964 bits per heavy atom. The topological polar surface area (TPSA) is 50.8 Å². The van der Waals surface area contributed by atoms with E-state index in [2.05, 4.69) is 22.3 Å². The number of likely N-dealkylation sites (tertiary alicyclic amines) is 1. The van der Waals surface area contributed by atoms with E-state index in [0.29, 0.717) is 18.7 Å². The van der Waals surface area contributed by atoms with Crippen molar-refractivity contribution in [3.8, 4) is 11.5 Å². The van der Waals surface area contributed by atoms with E-state index in [0.717, 1.165) is 18.0 Å². The fourth-order valence-corrected chi connectivity index (χ4v) is 3.79. The van der Waals surface area contributed by atoms with Gasteiger partial charge in [0.1, 0.15) is 12.7 Å². The first-order valence-electron chi connectivity index (χ1n) is 10.3. The monoisotopic (exact) mass is 380 g/mol. The number of carbonyl (C=O) groups excluding carboxylic acids is 1. The lowest BCUT2D eigenvalue weighted by Crippen LogP contribution is -2.40. The molecule has 4 rings (SSSR count). The molecule has 0 aromatic heterocycles. The molecule has 2 aliphatic rings. The summed E-state index contributed by atoms with van der Waals surface area (Å²) < 4.78 is 11.6. The second-order valence-electron chi connectivity index (χ2n) is 7.59. The highest BCUT2D eigenvalue weighted by atomic mass is 16.6. The molecule has 1 saturated heterocycles. The molecule has 0 saturated carbocycles. The normalized spacial score (nSPS) is 19.6. The third kappa shape index (κ3) is 4.84. The van der Waals surface area contributed by atoms with E-state index >= 15 is 0 Å². The van der Waals surface area contributed by atoms with Crippen LogP contribution >= 0.6 is 0 Å². The van der Waals surface area contributed by atoms with Gasteiger partial charge in [0.2, 0.25) is 0 Å². The van der Waals surface area contributed by atoms with Crippen LogP contribution in [0.25, 0.3) is 0 Å². The first-order valence-corrected chi connectivity index (χ1v) is 10.3. The van der Waals surface area contributed by atoms with E-state index in [-0.39, 0.29) is 12.0 Å². The van der Waals surface area contributed by atoms with Crippen molar-refractivity contribution in [2.24, 2.45) is 0 Å². The Labute approximate surface area is 166 Å². The van der Waals surface area contributed by atoms with Crippen LogP contribution in [0.1, 0.15) is 41.6 Å². The van der Waals surface area contributed by atoms with E-state index in [1.165, 1.54) is 44.3 Å². The fourth-order valence-electron chi connectivity index (χ4n) is 3.79. The van der Waals surface area contributed by atoms with Crippen molar-refractivity contribution in [1.82, 2.24) is 10.2 Å². The number of rotatable bonds is 5. The van der Waals surface area contributed by atoms with Gasteiger partial charge in [0, 0.05) is 12.1 Å². The number of carbonyl (C=O) groups is 1. The molecule has 2 aromatic rings. The van der Waals surface area contributed by atoms with E-state index < -0.39 is 0 Å². The molecule has 148 valence electrons. The summed E-state index contributed by atoms with van der Waals surface area (Å²) in [6.07, 6.45) is 5.09. The SMILES string of the molecule is O=C(NCC1COc2ccccc2O1)c1ccc(CN2CCCCCC2)cc1. The van der Waals surface area contributed by atoms with Crippen molar-refractivity contribution in [1.29, 1.82) is 0 Å². The minimum absolute atomic E-state index is 0.0798. The zero-order valence-corrected chi connectivity index (χ0v) is 16.2. The van der Waals surface area contributed by atoms with Crippen molar-refractivity contribution in [2.75, 3.05) is 26.2 Å². The Hall–Kier alpha value is -2.53. The number of ether oxygens (including phenoxy) is 2. The van der Waals surface area contributed by atoms with E-state index in [4.69, 9.17) is 9.47 Å². The van der Waals surface area contributed by atoms with Gasteiger partial charge in [-0.15, -0.1) is 0 Å². The zero-order chi connectivity index (χ0) is 19.2. The third-order valence-electron chi connectivity index (χ3n) is 5.38. The van der Waals surface area contributed by atoms with Gasteiger partial charge in [-0.25, -0.2) is 0 Å². The van der Waals surface area contributed by atoms with Crippen molar-refractivity contribution in [3.63, 3.8) is 0 Å². The summed E-state index contributed by atoms with van der Waals surface area (Å²) in [5, 5.41) is 2.95.